The molecule has 0 bridgehead atoms. The van der Waals surface area contributed by atoms with Crippen molar-refractivity contribution in [2.24, 2.45) is 0 Å². The Morgan fingerprint density at radius 1 is 0.875 bits per heavy atom. The van der Waals surface area contributed by atoms with Crippen molar-refractivity contribution in [2.75, 3.05) is 32.1 Å². The van der Waals surface area contributed by atoms with E-state index in [-0.39, 0.29) is 5.91 Å². The van der Waals surface area contributed by atoms with E-state index >= 15 is 0 Å². The Balaban J connectivity index is 2.21. The van der Waals surface area contributed by atoms with Gasteiger partial charge in [0.15, 0.2) is 0 Å². The van der Waals surface area contributed by atoms with Gasteiger partial charge in [0, 0.05) is 39.3 Å². The molecule has 32 heavy (non-hydrogen) atoms. The molecular formula is C27H42N2O3. The van der Waals surface area contributed by atoms with Gasteiger partial charge >= 0.3 is 0 Å². The number of aliphatic hydroxyl groups excluding tert-OH is 2. The predicted octanol–water partition coefficient (Wildman–Crippen LogP) is 4.50. The molecular weight excluding hydrogens is 400 g/mol. The first-order valence-electron chi connectivity index (χ1n) is 11.8. The fraction of sp³-hybridized carbons (Fsp3) is 0.519. The first-order chi connectivity index (χ1) is 15.4. The summed E-state index contributed by atoms with van der Waals surface area (Å²) < 4.78 is 0. The highest BCUT2D eigenvalue weighted by molar-refractivity contribution is 5.76. The third-order valence-electron chi connectivity index (χ3n) is 5.44. The number of nitrogens with zero attached hydrogens (tertiary/aromatic N) is 2. The van der Waals surface area contributed by atoms with Gasteiger partial charge in [0.1, 0.15) is 0 Å². The number of allylic oxidation sites excluding steroid dienone is 4. The summed E-state index contributed by atoms with van der Waals surface area (Å²) in [7, 11) is 4.04. The summed E-state index contributed by atoms with van der Waals surface area (Å²) in [5, 5.41) is 20.1. The van der Waals surface area contributed by atoms with Crippen LogP contribution in [0.4, 0.5) is 5.69 Å². The average Bonchev–Trinajstić information content (AvgIpc) is 2.78. The Morgan fingerprint density at radius 2 is 1.44 bits per heavy atom. The molecule has 5 nitrogen and oxygen atoms in total. The topological polar surface area (TPSA) is 64.0 Å². The fourth-order valence-electron chi connectivity index (χ4n) is 3.35. The van der Waals surface area contributed by atoms with Crippen LogP contribution in [0.3, 0.4) is 0 Å². The molecule has 2 N–H and O–H groups in total. The lowest BCUT2D eigenvalue weighted by Gasteiger charge is -2.18. The van der Waals surface area contributed by atoms with Crippen LogP contribution in [0.1, 0.15) is 51.5 Å². The molecule has 0 aromatic heterocycles. The minimum atomic E-state index is -0.503. The maximum Gasteiger partial charge on any atom is 0.222 e. The highest BCUT2D eigenvalue weighted by Gasteiger charge is 2.09. The summed E-state index contributed by atoms with van der Waals surface area (Å²) in [5.41, 5.74) is 2.39. The second-order valence-corrected chi connectivity index (χ2v) is 8.20. The molecule has 1 aromatic rings. The van der Waals surface area contributed by atoms with Crippen LogP contribution in [0, 0.1) is 0 Å². The van der Waals surface area contributed by atoms with E-state index in [0.717, 1.165) is 32.4 Å². The number of benzene rings is 1. The number of anilines is 1. The fourth-order valence-corrected chi connectivity index (χ4v) is 3.35. The third-order valence-corrected chi connectivity index (χ3v) is 5.44. The Hall–Kier alpha value is -2.37. The van der Waals surface area contributed by atoms with E-state index in [2.05, 4.69) is 29.2 Å². The van der Waals surface area contributed by atoms with Crippen LogP contribution in [0.15, 0.2) is 60.7 Å². The third kappa shape index (κ3) is 11.9. The van der Waals surface area contributed by atoms with Gasteiger partial charge in [-0.3, -0.25) is 4.79 Å². The molecule has 0 saturated heterocycles. The molecule has 1 aromatic carbocycles. The van der Waals surface area contributed by atoms with Crippen LogP contribution in [-0.2, 0) is 11.2 Å². The van der Waals surface area contributed by atoms with E-state index in [4.69, 9.17) is 0 Å². The molecule has 2 atom stereocenters. The van der Waals surface area contributed by atoms with Crippen molar-refractivity contribution < 1.29 is 15.0 Å². The van der Waals surface area contributed by atoms with E-state index < -0.39 is 12.2 Å². The zero-order valence-corrected chi connectivity index (χ0v) is 20.3. The van der Waals surface area contributed by atoms with E-state index in [1.807, 2.05) is 57.1 Å². The normalized spacial score (nSPS) is 13.8. The number of aryl methyl sites for hydroxylation is 1. The lowest BCUT2D eigenvalue weighted by molar-refractivity contribution is -0.130. The van der Waals surface area contributed by atoms with Gasteiger partial charge in [-0.1, -0.05) is 55.0 Å². The van der Waals surface area contributed by atoms with E-state index in [0.29, 0.717) is 19.3 Å². The molecule has 0 fully saturated rings. The lowest BCUT2D eigenvalue weighted by Crippen LogP contribution is -2.30. The van der Waals surface area contributed by atoms with Crippen LogP contribution >= 0.6 is 0 Å². The SMILES string of the molecule is CCN(CC)C(=O)CCCCC(O)C=CC=CC=CC(O)CCc1ccc(N(C)C)cc1. The van der Waals surface area contributed by atoms with Gasteiger partial charge in [-0.05, 0) is 57.2 Å². The average molecular weight is 443 g/mol. The summed E-state index contributed by atoms with van der Waals surface area (Å²) in [4.78, 5) is 15.8. The Labute approximate surface area is 194 Å². The number of carbonyl (C=O) groups is 1. The van der Waals surface area contributed by atoms with Crippen molar-refractivity contribution in [3.8, 4) is 0 Å². The first-order valence-corrected chi connectivity index (χ1v) is 11.8. The van der Waals surface area contributed by atoms with Gasteiger partial charge in [0.05, 0.1) is 12.2 Å². The summed E-state index contributed by atoms with van der Waals surface area (Å²) in [6.45, 7) is 5.49. The molecule has 0 aliphatic rings. The minimum Gasteiger partial charge on any atom is -0.389 e. The van der Waals surface area contributed by atoms with Gasteiger partial charge < -0.3 is 20.0 Å². The van der Waals surface area contributed by atoms with Crippen LogP contribution in [-0.4, -0.2) is 60.4 Å². The molecule has 0 heterocycles. The monoisotopic (exact) mass is 442 g/mol. The van der Waals surface area contributed by atoms with Crippen molar-refractivity contribution in [1.82, 2.24) is 4.90 Å². The van der Waals surface area contributed by atoms with E-state index in [1.54, 1.807) is 12.2 Å². The predicted molar refractivity (Wildman–Crippen MR) is 135 cm³/mol. The van der Waals surface area contributed by atoms with Gasteiger partial charge in [-0.15, -0.1) is 0 Å². The number of carbonyl (C=O) groups excluding carboxylic acids is 1. The van der Waals surface area contributed by atoms with Crippen molar-refractivity contribution in [3.05, 3.63) is 66.3 Å². The summed E-state index contributed by atoms with van der Waals surface area (Å²) in [5.74, 6) is 0.194. The maximum absolute atomic E-state index is 11.9. The second-order valence-electron chi connectivity index (χ2n) is 8.20. The standard InChI is InChI=1S/C27H42N2O3/c1-5-29(6-2)27(32)16-12-11-15-25(30)13-9-7-8-10-14-26(31)22-19-23-17-20-24(21-18-23)28(3)4/h7-10,13-14,17-18,20-21,25-26,30-31H,5-6,11-12,15-16,19,22H2,1-4H3. The Kier molecular flexibility index (Phi) is 14.1. The largest absolute Gasteiger partial charge is 0.389 e. The molecule has 2 unspecified atom stereocenters. The molecule has 0 saturated carbocycles. The van der Waals surface area contributed by atoms with Crippen molar-refractivity contribution >= 4 is 11.6 Å². The molecule has 5 heteroatoms. The summed E-state index contributed by atoms with van der Waals surface area (Å²) in [6, 6.07) is 8.38. The Morgan fingerprint density at radius 3 is 1.97 bits per heavy atom. The zero-order valence-electron chi connectivity index (χ0n) is 20.3. The smallest absolute Gasteiger partial charge is 0.222 e. The maximum atomic E-state index is 11.9. The summed E-state index contributed by atoms with van der Waals surface area (Å²) in [6.07, 6.45) is 14.2. The molecule has 0 radical (unpaired) electrons. The molecule has 0 aliphatic heterocycles. The minimum absolute atomic E-state index is 0.194. The highest BCUT2D eigenvalue weighted by Crippen LogP contribution is 2.14. The van der Waals surface area contributed by atoms with Crippen molar-refractivity contribution in [1.29, 1.82) is 0 Å². The van der Waals surface area contributed by atoms with Gasteiger partial charge in [0.2, 0.25) is 5.91 Å². The number of hydrogen-bond acceptors (Lipinski definition) is 4. The number of hydrogen-bond donors (Lipinski definition) is 2. The first kappa shape index (κ1) is 27.7. The quantitative estimate of drug-likeness (QED) is 0.310. The highest BCUT2D eigenvalue weighted by atomic mass is 16.3. The molecule has 1 amide bonds. The van der Waals surface area contributed by atoms with Crippen molar-refractivity contribution in [2.45, 2.75) is 64.6 Å². The molecule has 0 aliphatic carbocycles. The second kappa shape index (κ2) is 16.3. The van der Waals surface area contributed by atoms with Crippen LogP contribution in [0.25, 0.3) is 0 Å². The van der Waals surface area contributed by atoms with Gasteiger partial charge in [-0.2, -0.15) is 0 Å². The molecule has 178 valence electrons. The van der Waals surface area contributed by atoms with Crippen LogP contribution < -0.4 is 4.90 Å². The lowest BCUT2D eigenvalue weighted by atomic mass is 10.1. The molecule has 1 rings (SSSR count). The van der Waals surface area contributed by atoms with Crippen LogP contribution in [0.2, 0.25) is 0 Å². The number of amides is 1. The molecule has 0 spiro atoms. The zero-order chi connectivity index (χ0) is 23.8. The number of unbranched alkanes of at least 4 members (excludes halogenated alkanes) is 1. The van der Waals surface area contributed by atoms with Crippen LogP contribution in [0.5, 0.6) is 0 Å². The van der Waals surface area contributed by atoms with Gasteiger partial charge in [-0.25, -0.2) is 0 Å². The van der Waals surface area contributed by atoms with Gasteiger partial charge in [0.25, 0.3) is 0 Å². The number of rotatable bonds is 15. The van der Waals surface area contributed by atoms with E-state index in [1.165, 1.54) is 11.3 Å². The Bertz CT molecular complexity index is 719. The van der Waals surface area contributed by atoms with E-state index in [9.17, 15) is 15.0 Å². The van der Waals surface area contributed by atoms with Crippen molar-refractivity contribution in [3.63, 3.8) is 0 Å². The summed E-state index contributed by atoms with van der Waals surface area (Å²) >= 11 is 0. The number of aliphatic hydroxyl groups is 2.